The highest BCUT2D eigenvalue weighted by molar-refractivity contribution is 5.95. The topological polar surface area (TPSA) is 38.1 Å². The normalized spacial score (nSPS) is 17.7. The number of nitrogens with zero attached hydrogens (tertiary/aromatic N) is 3. The number of rotatable bonds is 5. The Labute approximate surface area is 150 Å². The van der Waals surface area contributed by atoms with Gasteiger partial charge in [-0.2, -0.15) is 0 Å². The number of piperidine rings is 1. The highest BCUT2D eigenvalue weighted by Gasteiger charge is 2.28. The maximum atomic E-state index is 13.0. The van der Waals surface area contributed by atoms with E-state index in [1.54, 1.807) is 0 Å². The Morgan fingerprint density at radius 2 is 2.16 bits per heavy atom. The molecule has 1 fully saturated rings. The van der Waals surface area contributed by atoms with Gasteiger partial charge in [-0.25, -0.2) is 4.98 Å². The Bertz CT molecular complexity index is 734. The molecule has 134 valence electrons. The fourth-order valence-corrected chi connectivity index (χ4v) is 3.79. The van der Waals surface area contributed by atoms with Crippen LogP contribution in [-0.2, 0) is 6.54 Å². The van der Waals surface area contributed by atoms with Crippen LogP contribution in [0.5, 0.6) is 0 Å². The van der Waals surface area contributed by atoms with Crippen molar-refractivity contribution >= 4 is 5.91 Å². The molecule has 1 aliphatic heterocycles. The van der Waals surface area contributed by atoms with Crippen molar-refractivity contribution in [2.24, 2.45) is 0 Å². The molecule has 1 aromatic heterocycles. The van der Waals surface area contributed by atoms with Gasteiger partial charge in [-0.3, -0.25) is 4.79 Å². The Morgan fingerprint density at radius 3 is 2.92 bits per heavy atom. The largest absolute Gasteiger partial charge is 0.338 e. The summed E-state index contributed by atoms with van der Waals surface area (Å²) in [5.74, 6) is 1.65. The summed E-state index contributed by atoms with van der Waals surface area (Å²) < 4.78 is 2.28. The van der Waals surface area contributed by atoms with Gasteiger partial charge in [-0.15, -0.1) is 0 Å². The van der Waals surface area contributed by atoms with Crippen molar-refractivity contribution in [2.75, 3.05) is 13.1 Å². The molecule has 1 saturated heterocycles. The number of aryl methyl sites for hydroxylation is 3. The SMILES string of the molecule is CCCCn1ccnc1[C@@H]1CCCN(C(=O)c2ccc(C)cc2C)C1. The van der Waals surface area contributed by atoms with E-state index in [-0.39, 0.29) is 5.91 Å². The van der Waals surface area contributed by atoms with Crippen LogP contribution in [0.4, 0.5) is 0 Å². The molecule has 1 aromatic carbocycles. The molecule has 0 unspecified atom stereocenters. The predicted molar refractivity (Wildman–Crippen MR) is 101 cm³/mol. The molecule has 0 radical (unpaired) electrons. The average Bonchev–Trinajstić information content (AvgIpc) is 3.08. The second-order valence-corrected chi connectivity index (χ2v) is 7.24. The minimum Gasteiger partial charge on any atom is -0.338 e. The molecule has 4 heteroatoms. The van der Waals surface area contributed by atoms with Crippen LogP contribution < -0.4 is 0 Å². The Morgan fingerprint density at radius 1 is 1.32 bits per heavy atom. The van der Waals surface area contributed by atoms with E-state index in [1.165, 1.54) is 18.4 Å². The zero-order valence-corrected chi connectivity index (χ0v) is 15.7. The van der Waals surface area contributed by atoms with Crippen LogP contribution in [0.15, 0.2) is 30.6 Å². The highest BCUT2D eigenvalue weighted by atomic mass is 16.2. The molecule has 3 rings (SSSR count). The number of imidazole rings is 1. The third kappa shape index (κ3) is 3.94. The lowest BCUT2D eigenvalue weighted by Gasteiger charge is -2.33. The first-order chi connectivity index (χ1) is 12.1. The van der Waals surface area contributed by atoms with Gasteiger partial charge in [-0.1, -0.05) is 31.0 Å². The van der Waals surface area contributed by atoms with Gasteiger partial charge < -0.3 is 9.47 Å². The molecular formula is C21H29N3O. The number of benzene rings is 1. The van der Waals surface area contributed by atoms with Gasteiger partial charge in [0.1, 0.15) is 5.82 Å². The van der Waals surface area contributed by atoms with Gasteiger partial charge in [0.25, 0.3) is 5.91 Å². The van der Waals surface area contributed by atoms with E-state index in [2.05, 4.69) is 35.7 Å². The minimum absolute atomic E-state index is 0.161. The first-order valence-electron chi connectivity index (χ1n) is 9.47. The van der Waals surface area contributed by atoms with Crippen molar-refractivity contribution < 1.29 is 4.79 Å². The number of aromatic nitrogens is 2. The van der Waals surface area contributed by atoms with Gasteiger partial charge in [0.15, 0.2) is 0 Å². The lowest BCUT2D eigenvalue weighted by molar-refractivity contribution is 0.0702. The standard InChI is InChI=1S/C21H29N3O/c1-4-5-11-23-13-10-22-20(23)18-7-6-12-24(15-18)21(25)19-9-8-16(2)14-17(19)3/h8-10,13-14,18H,4-7,11-12,15H2,1-3H3/t18-/m1/s1. The summed E-state index contributed by atoms with van der Waals surface area (Å²) >= 11 is 0. The molecule has 0 spiro atoms. The minimum atomic E-state index is 0.161. The zero-order chi connectivity index (χ0) is 17.8. The van der Waals surface area contributed by atoms with Crippen molar-refractivity contribution in [3.63, 3.8) is 0 Å². The molecule has 0 saturated carbocycles. The molecular weight excluding hydrogens is 310 g/mol. The van der Waals surface area contributed by atoms with E-state index < -0.39 is 0 Å². The second-order valence-electron chi connectivity index (χ2n) is 7.24. The maximum Gasteiger partial charge on any atom is 0.254 e. The average molecular weight is 339 g/mol. The third-order valence-corrected chi connectivity index (χ3v) is 5.19. The number of hydrogen-bond donors (Lipinski definition) is 0. The molecule has 1 amide bonds. The molecule has 1 aliphatic rings. The van der Waals surface area contributed by atoms with Gasteiger partial charge in [0.2, 0.25) is 0 Å². The number of carbonyl (C=O) groups is 1. The predicted octanol–water partition coefficient (Wildman–Crippen LogP) is 4.32. The summed E-state index contributed by atoms with van der Waals surface area (Å²) in [4.78, 5) is 19.6. The zero-order valence-electron chi connectivity index (χ0n) is 15.7. The van der Waals surface area contributed by atoms with Crippen molar-refractivity contribution in [1.29, 1.82) is 0 Å². The van der Waals surface area contributed by atoms with Crippen molar-refractivity contribution in [2.45, 2.75) is 58.9 Å². The van der Waals surface area contributed by atoms with Crippen molar-refractivity contribution in [3.05, 3.63) is 53.1 Å². The van der Waals surface area contributed by atoms with E-state index in [0.717, 1.165) is 49.4 Å². The highest BCUT2D eigenvalue weighted by Crippen LogP contribution is 2.27. The summed E-state index contributed by atoms with van der Waals surface area (Å²) in [5.41, 5.74) is 3.10. The van der Waals surface area contributed by atoms with Gasteiger partial charge >= 0.3 is 0 Å². The molecule has 0 bridgehead atoms. The van der Waals surface area contributed by atoms with Crippen LogP contribution in [0.1, 0.15) is 65.8 Å². The van der Waals surface area contributed by atoms with E-state index in [9.17, 15) is 4.79 Å². The summed E-state index contributed by atoms with van der Waals surface area (Å²) in [5, 5.41) is 0. The molecule has 0 N–H and O–H groups in total. The first-order valence-corrected chi connectivity index (χ1v) is 9.47. The number of hydrogen-bond acceptors (Lipinski definition) is 2. The van der Waals surface area contributed by atoms with Crippen LogP contribution in [-0.4, -0.2) is 33.4 Å². The van der Waals surface area contributed by atoms with Crippen molar-refractivity contribution in [3.8, 4) is 0 Å². The Hall–Kier alpha value is -2.10. The number of carbonyl (C=O) groups excluding carboxylic acids is 1. The van der Waals surface area contributed by atoms with E-state index in [4.69, 9.17) is 0 Å². The number of unbranched alkanes of at least 4 members (excludes halogenated alkanes) is 1. The maximum absolute atomic E-state index is 13.0. The Kier molecular flexibility index (Phi) is 5.57. The fraction of sp³-hybridized carbons (Fsp3) is 0.524. The second kappa shape index (κ2) is 7.85. The fourth-order valence-electron chi connectivity index (χ4n) is 3.79. The molecule has 25 heavy (non-hydrogen) atoms. The van der Waals surface area contributed by atoms with Crippen LogP contribution in [0.2, 0.25) is 0 Å². The lowest BCUT2D eigenvalue weighted by atomic mass is 9.95. The smallest absolute Gasteiger partial charge is 0.254 e. The van der Waals surface area contributed by atoms with E-state index in [0.29, 0.717) is 5.92 Å². The van der Waals surface area contributed by atoms with Crippen LogP contribution in [0.25, 0.3) is 0 Å². The summed E-state index contributed by atoms with van der Waals surface area (Å²) in [7, 11) is 0. The summed E-state index contributed by atoms with van der Waals surface area (Å²) in [6.45, 7) is 8.94. The van der Waals surface area contributed by atoms with Gasteiger partial charge in [0.05, 0.1) is 0 Å². The molecule has 2 heterocycles. The van der Waals surface area contributed by atoms with E-state index in [1.807, 2.05) is 30.2 Å². The molecule has 0 aliphatic carbocycles. The molecule has 1 atom stereocenters. The monoisotopic (exact) mass is 339 g/mol. The molecule has 4 nitrogen and oxygen atoms in total. The van der Waals surface area contributed by atoms with Crippen LogP contribution in [0.3, 0.4) is 0 Å². The quantitative estimate of drug-likeness (QED) is 0.813. The summed E-state index contributed by atoms with van der Waals surface area (Å²) in [6.07, 6.45) is 8.48. The van der Waals surface area contributed by atoms with Gasteiger partial charge in [-0.05, 0) is 44.7 Å². The lowest BCUT2D eigenvalue weighted by Crippen LogP contribution is -2.40. The van der Waals surface area contributed by atoms with E-state index >= 15 is 0 Å². The third-order valence-electron chi connectivity index (χ3n) is 5.19. The van der Waals surface area contributed by atoms with Crippen molar-refractivity contribution in [1.82, 2.24) is 14.5 Å². The van der Waals surface area contributed by atoms with Crippen LogP contribution >= 0.6 is 0 Å². The molecule has 2 aromatic rings. The van der Waals surface area contributed by atoms with Gasteiger partial charge in [0, 0.05) is 43.5 Å². The first kappa shape index (κ1) is 17.7. The number of likely N-dealkylation sites (tertiary alicyclic amines) is 1. The Balaban J connectivity index is 1.75. The number of amides is 1. The summed E-state index contributed by atoms with van der Waals surface area (Å²) in [6, 6.07) is 6.09. The van der Waals surface area contributed by atoms with Crippen LogP contribution in [0, 0.1) is 13.8 Å².